The average molecular weight is 267 g/mol. The monoisotopic (exact) mass is 267 g/mol. The summed E-state index contributed by atoms with van der Waals surface area (Å²) in [6.07, 6.45) is 0. The van der Waals surface area contributed by atoms with Crippen LogP contribution in [0, 0.1) is 0 Å². The van der Waals surface area contributed by atoms with E-state index in [-0.39, 0.29) is 5.91 Å². The molecule has 1 rings (SSSR count). The number of benzene rings is 1. The number of likely N-dealkylation sites (N-methyl/N-ethyl adjacent to an activating group) is 1. The number of hydrogen-bond donors (Lipinski definition) is 2. The smallest absolute Gasteiger partial charge is 0.234 e. The average Bonchev–Trinajstić information content (AvgIpc) is 2.36. The quantitative estimate of drug-likeness (QED) is 0.540. The van der Waals surface area contributed by atoms with Crippen molar-refractivity contribution in [2.75, 3.05) is 39.0 Å². The summed E-state index contributed by atoms with van der Waals surface area (Å²) in [5.41, 5.74) is 5.41. The second kappa shape index (κ2) is 8.97. The molecule has 0 aliphatic rings. The fourth-order valence-corrected chi connectivity index (χ4v) is 2.27. The maximum absolute atomic E-state index is 11.5. The number of thioether (sulfide) groups is 1. The largest absolute Gasteiger partial charge is 0.354 e. The van der Waals surface area contributed by atoms with Crippen LogP contribution in [-0.4, -0.2) is 49.8 Å². The Bertz CT molecular complexity index is 345. The zero-order chi connectivity index (χ0) is 13.2. The number of carbonyl (C=O) groups excluding carboxylic acids is 1. The van der Waals surface area contributed by atoms with Crippen LogP contribution in [0.25, 0.3) is 0 Å². The summed E-state index contributed by atoms with van der Waals surface area (Å²) in [4.78, 5) is 14.7. The van der Waals surface area contributed by atoms with Crippen LogP contribution in [0.1, 0.15) is 0 Å². The predicted molar refractivity (Wildman–Crippen MR) is 76.7 cm³/mol. The molecule has 100 valence electrons. The van der Waals surface area contributed by atoms with Gasteiger partial charge in [0.05, 0.1) is 6.54 Å². The Balaban J connectivity index is 2.09. The third kappa shape index (κ3) is 6.64. The van der Waals surface area contributed by atoms with Crippen LogP contribution in [0.5, 0.6) is 0 Å². The predicted octanol–water partition coefficient (Wildman–Crippen LogP) is 0.785. The molecule has 5 heteroatoms. The Morgan fingerprint density at radius 1 is 1.39 bits per heavy atom. The lowest BCUT2D eigenvalue weighted by Crippen LogP contribution is -2.38. The number of rotatable bonds is 8. The van der Waals surface area contributed by atoms with E-state index in [4.69, 9.17) is 5.73 Å². The maximum Gasteiger partial charge on any atom is 0.234 e. The summed E-state index contributed by atoms with van der Waals surface area (Å²) in [5, 5.41) is 2.90. The van der Waals surface area contributed by atoms with Gasteiger partial charge in [0, 0.05) is 30.3 Å². The lowest BCUT2D eigenvalue weighted by Gasteiger charge is -2.14. The third-order valence-electron chi connectivity index (χ3n) is 2.36. The second-order valence-electron chi connectivity index (χ2n) is 4.04. The topological polar surface area (TPSA) is 58.4 Å². The molecule has 3 N–H and O–H groups in total. The van der Waals surface area contributed by atoms with E-state index < -0.39 is 0 Å². The SMILES string of the molecule is CN(CCN)CC(=O)NCCSc1ccccc1. The molecule has 0 radical (unpaired) electrons. The second-order valence-corrected chi connectivity index (χ2v) is 5.21. The number of carbonyl (C=O) groups is 1. The lowest BCUT2D eigenvalue weighted by molar-refractivity contribution is -0.121. The van der Waals surface area contributed by atoms with E-state index in [0.717, 1.165) is 12.3 Å². The Hall–Kier alpha value is -1.04. The molecule has 0 atom stereocenters. The Labute approximate surface area is 113 Å². The van der Waals surface area contributed by atoms with E-state index in [2.05, 4.69) is 17.4 Å². The van der Waals surface area contributed by atoms with Crippen molar-refractivity contribution in [2.24, 2.45) is 5.73 Å². The van der Waals surface area contributed by atoms with Crippen molar-refractivity contribution in [3.63, 3.8) is 0 Å². The molecule has 0 aliphatic carbocycles. The number of nitrogens with two attached hydrogens (primary N) is 1. The van der Waals surface area contributed by atoms with Gasteiger partial charge in [-0.25, -0.2) is 0 Å². The Morgan fingerprint density at radius 2 is 2.11 bits per heavy atom. The van der Waals surface area contributed by atoms with Gasteiger partial charge >= 0.3 is 0 Å². The van der Waals surface area contributed by atoms with Crippen LogP contribution < -0.4 is 11.1 Å². The number of amides is 1. The molecule has 0 bridgehead atoms. The molecule has 0 saturated heterocycles. The molecule has 1 aromatic rings. The molecule has 0 aromatic heterocycles. The van der Waals surface area contributed by atoms with Gasteiger partial charge < -0.3 is 11.1 Å². The first kappa shape index (κ1) is 15.0. The number of nitrogens with zero attached hydrogens (tertiary/aromatic N) is 1. The number of hydrogen-bond acceptors (Lipinski definition) is 4. The summed E-state index contributed by atoms with van der Waals surface area (Å²) in [6, 6.07) is 10.2. The van der Waals surface area contributed by atoms with Crippen molar-refractivity contribution in [1.82, 2.24) is 10.2 Å². The molecule has 0 spiro atoms. The molecule has 0 unspecified atom stereocenters. The van der Waals surface area contributed by atoms with Crippen LogP contribution in [-0.2, 0) is 4.79 Å². The van der Waals surface area contributed by atoms with E-state index in [1.54, 1.807) is 11.8 Å². The Morgan fingerprint density at radius 3 is 2.78 bits per heavy atom. The van der Waals surface area contributed by atoms with Crippen LogP contribution in [0.3, 0.4) is 0 Å². The molecule has 4 nitrogen and oxygen atoms in total. The zero-order valence-electron chi connectivity index (χ0n) is 10.8. The molecule has 1 aromatic carbocycles. The van der Waals surface area contributed by atoms with Gasteiger partial charge in [0.2, 0.25) is 5.91 Å². The fourth-order valence-electron chi connectivity index (χ4n) is 1.48. The maximum atomic E-state index is 11.5. The first-order valence-electron chi connectivity index (χ1n) is 6.05. The van der Waals surface area contributed by atoms with E-state index in [0.29, 0.717) is 19.6 Å². The van der Waals surface area contributed by atoms with Gasteiger partial charge in [-0.15, -0.1) is 11.8 Å². The number of nitrogens with one attached hydrogen (secondary N) is 1. The van der Waals surface area contributed by atoms with Crippen LogP contribution in [0.2, 0.25) is 0 Å². The van der Waals surface area contributed by atoms with Crippen molar-refractivity contribution in [3.8, 4) is 0 Å². The summed E-state index contributed by atoms with van der Waals surface area (Å²) in [6.45, 7) is 2.42. The van der Waals surface area contributed by atoms with E-state index >= 15 is 0 Å². The minimum Gasteiger partial charge on any atom is -0.354 e. The zero-order valence-corrected chi connectivity index (χ0v) is 11.6. The molecule has 0 saturated carbocycles. The van der Waals surface area contributed by atoms with E-state index in [1.807, 2.05) is 30.1 Å². The third-order valence-corrected chi connectivity index (χ3v) is 3.37. The highest BCUT2D eigenvalue weighted by Crippen LogP contribution is 2.15. The highest BCUT2D eigenvalue weighted by Gasteiger charge is 2.04. The summed E-state index contributed by atoms with van der Waals surface area (Å²) in [5.74, 6) is 0.940. The lowest BCUT2D eigenvalue weighted by atomic mass is 10.4. The van der Waals surface area contributed by atoms with Crippen molar-refractivity contribution >= 4 is 17.7 Å². The minimum atomic E-state index is 0.0552. The summed E-state index contributed by atoms with van der Waals surface area (Å²) in [7, 11) is 1.89. The van der Waals surface area contributed by atoms with E-state index in [1.165, 1.54) is 4.90 Å². The van der Waals surface area contributed by atoms with Crippen molar-refractivity contribution < 1.29 is 4.79 Å². The molecule has 0 aliphatic heterocycles. The van der Waals surface area contributed by atoms with Crippen LogP contribution in [0.15, 0.2) is 35.2 Å². The normalized spacial score (nSPS) is 10.6. The van der Waals surface area contributed by atoms with Crippen molar-refractivity contribution in [3.05, 3.63) is 30.3 Å². The van der Waals surface area contributed by atoms with Gasteiger partial charge in [0.15, 0.2) is 0 Å². The van der Waals surface area contributed by atoms with Gasteiger partial charge in [0.25, 0.3) is 0 Å². The summed E-state index contributed by atoms with van der Waals surface area (Å²) < 4.78 is 0. The highest BCUT2D eigenvalue weighted by molar-refractivity contribution is 7.99. The molecule has 18 heavy (non-hydrogen) atoms. The van der Waals surface area contributed by atoms with Crippen LogP contribution in [0.4, 0.5) is 0 Å². The molecule has 0 heterocycles. The molecule has 1 amide bonds. The highest BCUT2D eigenvalue weighted by atomic mass is 32.2. The van der Waals surface area contributed by atoms with Gasteiger partial charge in [-0.05, 0) is 19.2 Å². The van der Waals surface area contributed by atoms with Gasteiger partial charge in [-0.2, -0.15) is 0 Å². The summed E-state index contributed by atoms with van der Waals surface area (Å²) >= 11 is 1.74. The molecule has 0 fully saturated rings. The van der Waals surface area contributed by atoms with Crippen LogP contribution >= 0.6 is 11.8 Å². The first-order chi connectivity index (χ1) is 8.72. The van der Waals surface area contributed by atoms with Gasteiger partial charge in [0.1, 0.15) is 0 Å². The van der Waals surface area contributed by atoms with Crippen molar-refractivity contribution in [1.29, 1.82) is 0 Å². The first-order valence-corrected chi connectivity index (χ1v) is 7.04. The fraction of sp³-hybridized carbons (Fsp3) is 0.462. The standard InChI is InChI=1S/C13H21N3OS/c1-16(9-7-14)11-13(17)15-8-10-18-12-5-3-2-4-6-12/h2-6H,7-11,14H2,1H3,(H,15,17). The molecular weight excluding hydrogens is 246 g/mol. The van der Waals surface area contributed by atoms with Gasteiger partial charge in [-0.3, -0.25) is 9.69 Å². The minimum absolute atomic E-state index is 0.0552. The van der Waals surface area contributed by atoms with Crippen molar-refractivity contribution in [2.45, 2.75) is 4.90 Å². The Kier molecular flexibility index (Phi) is 7.48. The van der Waals surface area contributed by atoms with E-state index in [9.17, 15) is 4.79 Å². The van der Waals surface area contributed by atoms with Gasteiger partial charge in [-0.1, -0.05) is 18.2 Å². The molecular formula is C13H21N3OS.